The topological polar surface area (TPSA) is 70.6 Å². The zero-order valence-electron chi connectivity index (χ0n) is 16.0. The molecule has 0 aliphatic rings. The minimum atomic E-state index is -4.49. The third-order valence-corrected chi connectivity index (χ3v) is 4.25. The molecule has 0 spiro atoms. The second kappa shape index (κ2) is 8.77. The summed E-state index contributed by atoms with van der Waals surface area (Å²) in [7, 11) is 0. The Kier molecular flexibility index (Phi) is 6.15. The molecule has 0 saturated heterocycles. The Morgan fingerprint density at radius 1 is 0.933 bits per heavy atom. The number of anilines is 1. The fraction of sp³-hybridized carbons (Fsp3) is 0.136. The standard InChI is InChI=1S/C22H18F3N3O2/c1-14(11-20(29)26-19-8-4-7-18(13-19)22(23,24)25)27-28-21(30)17-10-9-15-5-2-3-6-16(15)12-17/h2-10,12-13H,11H2,1H3,(H,26,29)(H,28,30). The van der Waals surface area contributed by atoms with E-state index < -0.39 is 23.6 Å². The number of hydrogen-bond acceptors (Lipinski definition) is 3. The number of carbonyl (C=O) groups is 2. The van der Waals surface area contributed by atoms with Gasteiger partial charge in [-0.3, -0.25) is 9.59 Å². The lowest BCUT2D eigenvalue weighted by molar-refractivity contribution is -0.137. The predicted octanol–water partition coefficient (Wildman–Crippen LogP) is 4.99. The van der Waals surface area contributed by atoms with Crippen LogP contribution >= 0.6 is 0 Å². The largest absolute Gasteiger partial charge is 0.416 e. The van der Waals surface area contributed by atoms with Crippen LogP contribution in [0.25, 0.3) is 10.8 Å². The molecule has 2 N–H and O–H groups in total. The number of nitrogens with one attached hydrogen (secondary N) is 2. The van der Waals surface area contributed by atoms with E-state index in [9.17, 15) is 22.8 Å². The van der Waals surface area contributed by atoms with E-state index in [0.29, 0.717) is 11.3 Å². The number of hydrazone groups is 1. The SMILES string of the molecule is CC(CC(=O)Nc1cccc(C(F)(F)F)c1)=NNC(=O)c1ccc2ccccc2c1. The van der Waals surface area contributed by atoms with Gasteiger partial charge in [0.25, 0.3) is 5.91 Å². The fourth-order valence-electron chi connectivity index (χ4n) is 2.79. The highest BCUT2D eigenvalue weighted by molar-refractivity contribution is 6.06. The maximum absolute atomic E-state index is 12.7. The summed E-state index contributed by atoms with van der Waals surface area (Å²) in [5, 5.41) is 8.20. The monoisotopic (exact) mass is 413 g/mol. The highest BCUT2D eigenvalue weighted by Crippen LogP contribution is 2.30. The van der Waals surface area contributed by atoms with Crippen molar-refractivity contribution in [2.45, 2.75) is 19.5 Å². The summed E-state index contributed by atoms with van der Waals surface area (Å²) in [6, 6.07) is 17.2. The van der Waals surface area contributed by atoms with Gasteiger partial charge in [0.15, 0.2) is 0 Å². The molecule has 0 aromatic heterocycles. The van der Waals surface area contributed by atoms with Crippen LogP contribution in [-0.2, 0) is 11.0 Å². The molecular formula is C22H18F3N3O2. The van der Waals surface area contributed by atoms with E-state index in [0.717, 1.165) is 22.9 Å². The van der Waals surface area contributed by atoms with Crippen molar-refractivity contribution in [1.29, 1.82) is 0 Å². The highest BCUT2D eigenvalue weighted by atomic mass is 19.4. The van der Waals surface area contributed by atoms with E-state index in [1.165, 1.54) is 19.1 Å². The number of hydrogen-bond donors (Lipinski definition) is 2. The smallest absolute Gasteiger partial charge is 0.326 e. The van der Waals surface area contributed by atoms with Crippen molar-refractivity contribution in [2.24, 2.45) is 5.10 Å². The van der Waals surface area contributed by atoms with Crippen LogP contribution < -0.4 is 10.7 Å². The van der Waals surface area contributed by atoms with E-state index in [1.54, 1.807) is 12.1 Å². The summed E-state index contributed by atoms with van der Waals surface area (Å²) in [6.45, 7) is 1.53. The Morgan fingerprint density at radius 2 is 1.67 bits per heavy atom. The second-order valence-electron chi connectivity index (χ2n) is 6.65. The van der Waals surface area contributed by atoms with Crippen molar-refractivity contribution in [3.8, 4) is 0 Å². The molecule has 30 heavy (non-hydrogen) atoms. The lowest BCUT2D eigenvalue weighted by Crippen LogP contribution is -2.21. The normalized spacial score (nSPS) is 11.9. The zero-order chi connectivity index (χ0) is 21.7. The summed E-state index contributed by atoms with van der Waals surface area (Å²) in [5.41, 5.74) is 2.27. The molecule has 3 rings (SSSR count). The first kappa shape index (κ1) is 21.0. The van der Waals surface area contributed by atoms with Gasteiger partial charge in [0.05, 0.1) is 12.0 Å². The minimum absolute atomic E-state index is 0.0304. The zero-order valence-corrected chi connectivity index (χ0v) is 16.0. The van der Waals surface area contributed by atoms with Crippen molar-refractivity contribution in [3.05, 3.63) is 77.9 Å². The predicted molar refractivity (Wildman–Crippen MR) is 109 cm³/mol. The highest BCUT2D eigenvalue weighted by Gasteiger charge is 2.30. The van der Waals surface area contributed by atoms with Gasteiger partial charge in [0, 0.05) is 17.0 Å². The Balaban J connectivity index is 1.59. The van der Waals surface area contributed by atoms with Crippen molar-refractivity contribution >= 4 is 34.0 Å². The number of carbonyl (C=O) groups excluding carboxylic acids is 2. The number of fused-ring (bicyclic) bond motifs is 1. The van der Waals surface area contributed by atoms with Gasteiger partial charge in [-0.15, -0.1) is 0 Å². The van der Waals surface area contributed by atoms with Crippen LogP contribution in [0.1, 0.15) is 29.3 Å². The van der Waals surface area contributed by atoms with Gasteiger partial charge >= 0.3 is 6.18 Å². The van der Waals surface area contributed by atoms with E-state index in [-0.39, 0.29) is 12.1 Å². The number of nitrogens with zero attached hydrogens (tertiary/aromatic N) is 1. The molecule has 154 valence electrons. The van der Waals surface area contributed by atoms with Gasteiger partial charge < -0.3 is 5.32 Å². The molecular weight excluding hydrogens is 395 g/mol. The van der Waals surface area contributed by atoms with Crippen LogP contribution in [0, 0.1) is 0 Å². The molecule has 8 heteroatoms. The van der Waals surface area contributed by atoms with E-state index >= 15 is 0 Å². The quantitative estimate of drug-likeness (QED) is 0.457. The van der Waals surface area contributed by atoms with E-state index in [2.05, 4.69) is 15.8 Å². The molecule has 0 bridgehead atoms. The fourth-order valence-corrected chi connectivity index (χ4v) is 2.79. The van der Waals surface area contributed by atoms with Crippen LogP contribution in [0.4, 0.5) is 18.9 Å². The van der Waals surface area contributed by atoms with Crippen LogP contribution in [-0.4, -0.2) is 17.5 Å². The molecule has 0 fully saturated rings. The Morgan fingerprint density at radius 3 is 2.40 bits per heavy atom. The van der Waals surface area contributed by atoms with Crippen molar-refractivity contribution in [2.75, 3.05) is 5.32 Å². The molecule has 0 heterocycles. The minimum Gasteiger partial charge on any atom is -0.326 e. The van der Waals surface area contributed by atoms with Crippen molar-refractivity contribution < 1.29 is 22.8 Å². The van der Waals surface area contributed by atoms with Crippen LogP contribution in [0.3, 0.4) is 0 Å². The lowest BCUT2D eigenvalue weighted by Gasteiger charge is -2.10. The summed E-state index contributed by atoms with van der Waals surface area (Å²) in [4.78, 5) is 24.3. The molecule has 0 saturated carbocycles. The number of halogens is 3. The van der Waals surface area contributed by atoms with E-state index in [4.69, 9.17) is 0 Å². The Labute approximate surface area is 170 Å². The molecule has 3 aromatic rings. The number of benzene rings is 3. The molecule has 5 nitrogen and oxygen atoms in total. The van der Waals surface area contributed by atoms with Gasteiger partial charge in [0.1, 0.15) is 0 Å². The summed E-state index contributed by atoms with van der Waals surface area (Å²) in [5.74, 6) is -0.978. The summed E-state index contributed by atoms with van der Waals surface area (Å²) < 4.78 is 38.2. The maximum Gasteiger partial charge on any atom is 0.416 e. The molecule has 3 aromatic carbocycles. The Hall–Kier alpha value is -3.68. The van der Waals surface area contributed by atoms with Crippen molar-refractivity contribution in [3.63, 3.8) is 0 Å². The molecule has 0 atom stereocenters. The molecule has 2 amide bonds. The molecule has 0 aliphatic heterocycles. The lowest BCUT2D eigenvalue weighted by atomic mass is 10.1. The molecule has 0 radical (unpaired) electrons. The first-order valence-corrected chi connectivity index (χ1v) is 9.02. The third kappa shape index (κ3) is 5.44. The summed E-state index contributed by atoms with van der Waals surface area (Å²) in [6.07, 6.45) is -4.68. The van der Waals surface area contributed by atoms with Gasteiger partial charge in [-0.05, 0) is 48.0 Å². The molecule has 0 aliphatic carbocycles. The average molecular weight is 413 g/mol. The van der Waals surface area contributed by atoms with Crippen LogP contribution in [0.15, 0.2) is 71.8 Å². The summed E-state index contributed by atoms with van der Waals surface area (Å²) >= 11 is 0. The van der Waals surface area contributed by atoms with Gasteiger partial charge in [-0.25, -0.2) is 5.43 Å². The van der Waals surface area contributed by atoms with Crippen LogP contribution in [0.5, 0.6) is 0 Å². The molecule has 0 unspecified atom stereocenters. The second-order valence-corrected chi connectivity index (χ2v) is 6.65. The van der Waals surface area contributed by atoms with E-state index in [1.807, 2.05) is 30.3 Å². The first-order chi connectivity index (χ1) is 14.2. The number of alkyl halides is 3. The van der Waals surface area contributed by atoms with Crippen molar-refractivity contribution in [1.82, 2.24) is 5.43 Å². The average Bonchev–Trinajstić information content (AvgIpc) is 2.71. The first-order valence-electron chi connectivity index (χ1n) is 9.02. The maximum atomic E-state index is 12.7. The third-order valence-electron chi connectivity index (χ3n) is 4.25. The number of amides is 2. The van der Waals surface area contributed by atoms with Gasteiger partial charge in [0.2, 0.25) is 5.91 Å². The Bertz CT molecular complexity index is 1120. The van der Waals surface area contributed by atoms with Gasteiger partial charge in [-0.2, -0.15) is 18.3 Å². The number of rotatable bonds is 5. The van der Waals surface area contributed by atoms with Gasteiger partial charge in [-0.1, -0.05) is 36.4 Å². The van der Waals surface area contributed by atoms with Crippen LogP contribution in [0.2, 0.25) is 0 Å².